The first-order valence-corrected chi connectivity index (χ1v) is 9.58. The third kappa shape index (κ3) is 3.76. The van der Waals surface area contributed by atoms with E-state index in [1.807, 2.05) is 61.5 Å². The molecule has 4 rings (SSSR count). The highest BCUT2D eigenvalue weighted by molar-refractivity contribution is 5.96. The van der Waals surface area contributed by atoms with Crippen LogP contribution in [-0.4, -0.2) is 16.7 Å². The van der Waals surface area contributed by atoms with Gasteiger partial charge in [0.2, 0.25) is 0 Å². The molecule has 1 heterocycles. The standard InChI is InChI=1S/C24H21NO4/c1-16-8-7-11-18(14-16)24-23(25(27)28)20(19-12-5-6-13-22(19)29-24)15-21(26)17-9-3-2-4-10-17/h2-14,20,23-24H,15H2,1H3/t20-,23+,24-/m1/s1. The number of nitro groups is 1. The van der Waals surface area contributed by atoms with Crippen molar-refractivity contribution in [3.63, 3.8) is 0 Å². The molecule has 5 nitrogen and oxygen atoms in total. The molecule has 0 spiro atoms. The first-order valence-electron chi connectivity index (χ1n) is 9.58. The highest BCUT2D eigenvalue weighted by Crippen LogP contribution is 2.45. The Morgan fingerprint density at radius 2 is 1.72 bits per heavy atom. The number of rotatable bonds is 5. The van der Waals surface area contributed by atoms with E-state index < -0.39 is 18.1 Å². The molecule has 1 aliphatic rings. The van der Waals surface area contributed by atoms with Crippen LogP contribution in [0, 0.1) is 17.0 Å². The maximum absolute atomic E-state index is 12.9. The number of carbonyl (C=O) groups excluding carboxylic acids is 1. The lowest BCUT2D eigenvalue weighted by Crippen LogP contribution is -2.41. The number of hydrogen-bond acceptors (Lipinski definition) is 4. The average Bonchev–Trinajstić information content (AvgIpc) is 2.73. The minimum atomic E-state index is -1.06. The van der Waals surface area contributed by atoms with Gasteiger partial charge in [-0.3, -0.25) is 14.9 Å². The van der Waals surface area contributed by atoms with Crippen LogP contribution < -0.4 is 4.74 Å². The minimum Gasteiger partial charge on any atom is -0.478 e. The predicted octanol–water partition coefficient (Wildman–Crippen LogP) is 5.13. The van der Waals surface area contributed by atoms with Crippen LogP contribution in [0.2, 0.25) is 0 Å². The fourth-order valence-corrected chi connectivity index (χ4v) is 4.04. The van der Waals surface area contributed by atoms with Gasteiger partial charge < -0.3 is 4.74 Å². The van der Waals surface area contributed by atoms with Crippen LogP contribution in [0.15, 0.2) is 78.9 Å². The van der Waals surface area contributed by atoms with Gasteiger partial charge in [-0.05, 0) is 18.6 Å². The van der Waals surface area contributed by atoms with E-state index in [0.717, 1.165) is 11.1 Å². The van der Waals surface area contributed by atoms with Crippen molar-refractivity contribution in [1.29, 1.82) is 0 Å². The zero-order valence-corrected chi connectivity index (χ0v) is 16.0. The second-order valence-corrected chi connectivity index (χ2v) is 7.37. The Labute approximate surface area is 169 Å². The summed E-state index contributed by atoms with van der Waals surface area (Å²) in [4.78, 5) is 24.8. The lowest BCUT2D eigenvalue weighted by Gasteiger charge is -2.34. The quantitative estimate of drug-likeness (QED) is 0.346. The Morgan fingerprint density at radius 3 is 2.45 bits per heavy atom. The highest BCUT2D eigenvalue weighted by atomic mass is 16.6. The van der Waals surface area contributed by atoms with Gasteiger partial charge in [-0.25, -0.2) is 0 Å². The fraction of sp³-hybridized carbons (Fsp3) is 0.208. The number of hydrogen-bond donors (Lipinski definition) is 0. The van der Waals surface area contributed by atoms with Gasteiger partial charge in [0.05, 0.1) is 5.92 Å². The van der Waals surface area contributed by atoms with Crippen molar-refractivity contribution in [3.05, 3.63) is 111 Å². The van der Waals surface area contributed by atoms with Crippen molar-refractivity contribution in [1.82, 2.24) is 0 Å². The molecule has 3 atom stereocenters. The van der Waals surface area contributed by atoms with Crippen LogP contribution in [0.3, 0.4) is 0 Å². The molecular weight excluding hydrogens is 366 g/mol. The number of carbonyl (C=O) groups is 1. The van der Waals surface area contributed by atoms with Crippen LogP contribution in [0.25, 0.3) is 0 Å². The SMILES string of the molecule is Cc1cccc([C@H]2Oc3ccccc3[C@@H](CC(=O)c3ccccc3)[C@@H]2[N+](=O)[O-])c1. The van der Waals surface area contributed by atoms with Crippen molar-refractivity contribution in [2.75, 3.05) is 0 Å². The molecule has 29 heavy (non-hydrogen) atoms. The van der Waals surface area contributed by atoms with Crippen molar-refractivity contribution >= 4 is 5.78 Å². The maximum atomic E-state index is 12.9. The number of benzene rings is 3. The molecule has 0 radical (unpaired) electrons. The summed E-state index contributed by atoms with van der Waals surface area (Å²) in [5, 5.41) is 12.2. The number of ketones is 1. The molecule has 1 aliphatic heterocycles. The van der Waals surface area contributed by atoms with E-state index >= 15 is 0 Å². The molecule has 0 unspecified atom stereocenters. The van der Waals surface area contributed by atoms with Gasteiger partial charge in [-0.1, -0.05) is 78.4 Å². The maximum Gasteiger partial charge on any atom is 0.260 e. The number of Topliss-reactive ketones (excluding diaryl/α,β-unsaturated/α-hetero) is 1. The second kappa shape index (κ2) is 7.87. The first-order chi connectivity index (χ1) is 14.0. The Balaban J connectivity index is 1.78. The summed E-state index contributed by atoms with van der Waals surface area (Å²) < 4.78 is 6.11. The van der Waals surface area contributed by atoms with Gasteiger partial charge in [-0.2, -0.15) is 0 Å². The molecule has 0 saturated carbocycles. The van der Waals surface area contributed by atoms with Crippen molar-refractivity contribution < 1.29 is 14.5 Å². The highest BCUT2D eigenvalue weighted by Gasteiger charge is 2.48. The van der Waals surface area contributed by atoms with Crippen molar-refractivity contribution in [3.8, 4) is 5.75 Å². The number of para-hydroxylation sites is 1. The van der Waals surface area contributed by atoms with Gasteiger partial charge in [0.1, 0.15) is 5.75 Å². The van der Waals surface area contributed by atoms with E-state index in [4.69, 9.17) is 4.74 Å². The zero-order valence-electron chi connectivity index (χ0n) is 16.0. The average molecular weight is 387 g/mol. The largest absolute Gasteiger partial charge is 0.478 e. The molecule has 3 aromatic carbocycles. The topological polar surface area (TPSA) is 69.4 Å². The molecule has 0 aromatic heterocycles. The van der Waals surface area contributed by atoms with E-state index in [0.29, 0.717) is 16.9 Å². The second-order valence-electron chi connectivity index (χ2n) is 7.37. The Kier molecular flexibility index (Phi) is 5.12. The molecule has 0 saturated heterocycles. The minimum absolute atomic E-state index is 0.0539. The van der Waals surface area contributed by atoms with Gasteiger partial charge in [0.15, 0.2) is 11.9 Å². The van der Waals surface area contributed by atoms with Gasteiger partial charge in [0, 0.05) is 22.5 Å². The molecule has 0 amide bonds. The van der Waals surface area contributed by atoms with Gasteiger partial charge >= 0.3 is 0 Å². The third-order valence-electron chi connectivity index (χ3n) is 5.41. The third-order valence-corrected chi connectivity index (χ3v) is 5.41. The van der Waals surface area contributed by atoms with E-state index in [2.05, 4.69) is 0 Å². The summed E-state index contributed by atoms with van der Waals surface area (Å²) in [6.45, 7) is 1.94. The Morgan fingerprint density at radius 1 is 1.00 bits per heavy atom. The monoisotopic (exact) mass is 387 g/mol. The molecule has 3 aromatic rings. The van der Waals surface area contributed by atoms with E-state index in [-0.39, 0.29) is 17.1 Å². The van der Waals surface area contributed by atoms with Gasteiger partial charge in [0.25, 0.3) is 6.04 Å². The number of nitrogens with zero attached hydrogens (tertiary/aromatic N) is 1. The predicted molar refractivity (Wildman–Crippen MR) is 110 cm³/mol. The van der Waals surface area contributed by atoms with Crippen LogP contribution >= 0.6 is 0 Å². The summed E-state index contributed by atoms with van der Waals surface area (Å²) in [7, 11) is 0. The molecule has 0 aliphatic carbocycles. The normalized spacial score (nSPS) is 20.4. The lowest BCUT2D eigenvalue weighted by atomic mass is 9.79. The first kappa shape index (κ1) is 18.9. The van der Waals surface area contributed by atoms with Crippen LogP contribution in [-0.2, 0) is 0 Å². The van der Waals surface area contributed by atoms with Crippen molar-refractivity contribution in [2.45, 2.75) is 31.4 Å². The van der Waals surface area contributed by atoms with Crippen LogP contribution in [0.5, 0.6) is 5.75 Å². The van der Waals surface area contributed by atoms with Crippen LogP contribution in [0.1, 0.15) is 45.5 Å². The van der Waals surface area contributed by atoms with E-state index in [1.54, 1.807) is 24.3 Å². The number of fused-ring (bicyclic) bond motifs is 1. The smallest absolute Gasteiger partial charge is 0.260 e. The van der Waals surface area contributed by atoms with Crippen molar-refractivity contribution in [2.24, 2.45) is 0 Å². The summed E-state index contributed by atoms with van der Waals surface area (Å²) in [5.74, 6) is -0.0849. The van der Waals surface area contributed by atoms with E-state index in [1.165, 1.54) is 0 Å². The Bertz CT molecular complexity index is 1050. The summed E-state index contributed by atoms with van der Waals surface area (Å²) in [6.07, 6.45) is -0.702. The molecule has 146 valence electrons. The molecule has 5 heteroatoms. The van der Waals surface area contributed by atoms with Gasteiger partial charge in [-0.15, -0.1) is 0 Å². The summed E-state index contributed by atoms with van der Waals surface area (Å²) in [5.41, 5.74) is 3.02. The molecule has 0 bridgehead atoms. The lowest BCUT2D eigenvalue weighted by molar-refractivity contribution is -0.540. The van der Waals surface area contributed by atoms with Crippen LogP contribution in [0.4, 0.5) is 0 Å². The fourth-order valence-electron chi connectivity index (χ4n) is 4.04. The zero-order chi connectivity index (χ0) is 20.4. The molecular formula is C24H21NO4. The summed E-state index contributed by atoms with van der Waals surface area (Å²) >= 11 is 0. The summed E-state index contributed by atoms with van der Waals surface area (Å²) in [6, 6.07) is 22.7. The number of aryl methyl sites for hydroxylation is 1. The Hall–Kier alpha value is -3.47. The molecule has 0 fully saturated rings. The van der Waals surface area contributed by atoms with E-state index in [9.17, 15) is 14.9 Å². The number of ether oxygens (including phenoxy) is 1. The molecule has 0 N–H and O–H groups in total.